The van der Waals surface area contributed by atoms with Gasteiger partial charge in [0, 0.05) is 31.6 Å². The Labute approximate surface area is 113 Å². The summed E-state index contributed by atoms with van der Waals surface area (Å²) in [7, 11) is 3.71. The normalized spacial score (nSPS) is 12.2. The van der Waals surface area contributed by atoms with Crippen LogP contribution in [0.3, 0.4) is 0 Å². The Morgan fingerprint density at radius 3 is 3.00 bits per heavy atom. The lowest BCUT2D eigenvalue weighted by Gasteiger charge is -2.23. The van der Waals surface area contributed by atoms with E-state index in [4.69, 9.17) is 17.0 Å². The van der Waals surface area contributed by atoms with E-state index in [0.29, 0.717) is 6.61 Å². The number of hydrogen-bond donors (Lipinski definition) is 1. The van der Waals surface area contributed by atoms with E-state index in [-0.39, 0.29) is 6.04 Å². The van der Waals surface area contributed by atoms with Gasteiger partial charge in [0.15, 0.2) is 5.11 Å². The van der Waals surface area contributed by atoms with Crippen LogP contribution in [0, 0.1) is 0 Å². The van der Waals surface area contributed by atoms with Gasteiger partial charge in [-0.2, -0.15) is 0 Å². The highest BCUT2D eigenvalue weighted by molar-refractivity contribution is 7.80. The summed E-state index contributed by atoms with van der Waals surface area (Å²) in [5.41, 5.74) is 0. The Balaban J connectivity index is 2.26. The fourth-order valence-corrected chi connectivity index (χ4v) is 2.44. The number of likely N-dealkylation sites (N-methyl/N-ethyl adjacent to an activating group) is 1. The van der Waals surface area contributed by atoms with Crippen LogP contribution >= 0.6 is 23.6 Å². The molecular weight excluding hydrogens is 252 g/mol. The number of hydrogen-bond acceptors (Lipinski definition) is 3. The minimum Gasteiger partial charge on any atom is -0.383 e. The standard InChI is InChI=1S/C12H20N2OS2/c1-10(9-15-3)13-12(16)14(2)7-6-11-5-4-8-17-11/h4-5,8,10H,6-7,9H2,1-3H3,(H,13,16). The topological polar surface area (TPSA) is 24.5 Å². The van der Waals surface area contributed by atoms with Crippen molar-refractivity contribution in [3.63, 3.8) is 0 Å². The Hall–Kier alpha value is -0.650. The van der Waals surface area contributed by atoms with Crippen molar-refractivity contribution in [3.05, 3.63) is 22.4 Å². The van der Waals surface area contributed by atoms with E-state index >= 15 is 0 Å². The average Bonchev–Trinajstić information content (AvgIpc) is 2.78. The van der Waals surface area contributed by atoms with E-state index in [2.05, 4.69) is 34.7 Å². The van der Waals surface area contributed by atoms with Crippen molar-refractivity contribution in [2.24, 2.45) is 0 Å². The Bertz CT molecular complexity index is 327. The summed E-state index contributed by atoms with van der Waals surface area (Å²) in [6.45, 7) is 3.66. The van der Waals surface area contributed by atoms with Crippen molar-refractivity contribution in [1.82, 2.24) is 10.2 Å². The van der Waals surface area contributed by atoms with Crippen LogP contribution in [-0.2, 0) is 11.2 Å². The molecular formula is C12H20N2OS2. The third-order valence-corrected chi connectivity index (χ3v) is 3.77. The first-order chi connectivity index (χ1) is 8.13. The van der Waals surface area contributed by atoms with E-state index in [1.54, 1.807) is 18.4 Å². The SMILES string of the molecule is COCC(C)NC(=S)N(C)CCc1cccs1. The lowest BCUT2D eigenvalue weighted by atomic mass is 10.3. The van der Waals surface area contributed by atoms with Crippen LogP contribution in [-0.4, -0.2) is 43.4 Å². The first-order valence-electron chi connectivity index (χ1n) is 5.66. The van der Waals surface area contributed by atoms with Crippen LogP contribution in [0.2, 0.25) is 0 Å². The number of rotatable bonds is 6. The maximum atomic E-state index is 5.32. The molecule has 0 radical (unpaired) electrons. The third-order valence-electron chi connectivity index (χ3n) is 2.41. The second-order valence-electron chi connectivity index (χ2n) is 4.06. The highest BCUT2D eigenvalue weighted by Crippen LogP contribution is 2.09. The maximum Gasteiger partial charge on any atom is 0.168 e. The summed E-state index contributed by atoms with van der Waals surface area (Å²) < 4.78 is 5.06. The molecule has 17 heavy (non-hydrogen) atoms. The summed E-state index contributed by atoms with van der Waals surface area (Å²) >= 11 is 7.11. The van der Waals surface area contributed by atoms with E-state index in [0.717, 1.165) is 18.1 Å². The van der Waals surface area contributed by atoms with Crippen molar-refractivity contribution in [2.45, 2.75) is 19.4 Å². The number of methoxy groups -OCH3 is 1. The Kier molecular flexibility index (Phi) is 6.47. The summed E-state index contributed by atoms with van der Waals surface area (Å²) in [5.74, 6) is 0. The number of nitrogens with one attached hydrogen (secondary N) is 1. The fourth-order valence-electron chi connectivity index (χ4n) is 1.45. The predicted molar refractivity (Wildman–Crippen MR) is 77.7 cm³/mol. The molecule has 0 aliphatic heterocycles. The molecule has 1 aromatic rings. The van der Waals surface area contributed by atoms with Crippen molar-refractivity contribution >= 4 is 28.7 Å². The summed E-state index contributed by atoms with van der Waals surface area (Å²) in [5, 5.41) is 6.13. The van der Waals surface area contributed by atoms with Crippen LogP contribution in [0.5, 0.6) is 0 Å². The fraction of sp³-hybridized carbons (Fsp3) is 0.583. The molecule has 1 aromatic heterocycles. The van der Waals surface area contributed by atoms with Gasteiger partial charge in [-0.3, -0.25) is 0 Å². The monoisotopic (exact) mass is 272 g/mol. The highest BCUT2D eigenvalue weighted by atomic mass is 32.1. The van der Waals surface area contributed by atoms with Gasteiger partial charge in [0.2, 0.25) is 0 Å². The Morgan fingerprint density at radius 2 is 2.41 bits per heavy atom. The second-order valence-corrected chi connectivity index (χ2v) is 5.48. The molecule has 0 bridgehead atoms. The molecule has 0 saturated heterocycles. The van der Waals surface area contributed by atoms with Gasteiger partial charge in [0.1, 0.15) is 0 Å². The van der Waals surface area contributed by atoms with Crippen molar-refractivity contribution < 1.29 is 4.74 Å². The molecule has 1 rings (SSSR count). The van der Waals surface area contributed by atoms with Crippen molar-refractivity contribution in [1.29, 1.82) is 0 Å². The molecule has 1 heterocycles. The van der Waals surface area contributed by atoms with Crippen LogP contribution in [0.4, 0.5) is 0 Å². The summed E-state index contributed by atoms with van der Waals surface area (Å²) in [4.78, 5) is 3.46. The minimum atomic E-state index is 0.247. The smallest absolute Gasteiger partial charge is 0.168 e. The molecule has 96 valence electrons. The first-order valence-corrected chi connectivity index (χ1v) is 6.95. The lowest BCUT2D eigenvalue weighted by Crippen LogP contribution is -2.43. The van der Waals surface area contributed by atoms with Gasteiger partial charge >= 0.3 is 0 Å². The minimum absolute atomic E-state index is 0.247. The van der Waals surface area contributed by atoms with Gasteiger partial charge in [0.05, 0.1) is 6.61 Å². The van der Waals surface area contributed by atoms with Gasteiger partial charge in [-0.15, -0.1) is 11.3 Å². The zero-order valence-electron chi connectivity index (χ0n) is 10.6. The lowest BCUT2D eigenvalue weighted by molar-refractivity contribution is 0.178. The van der Waals surface area contributed by atoms with Crippen molar-refractivity contribution in [3.8, 4) is 0 Å². The number of thiophene rings is 1. The Morgan fingerprint density at radius 1 is 1.65 bits per heavy atom. The molecule has 0 spiro atoms. The number of thiocarbonyl (C=S) groups is 1. The molecule has 0 saturated carbocycles. The summed E-state index contributed by atoms with van der Waals surface area (Å²) in [6.07, 6.45) is 1.04. The van der Waals surface area contributed by atoms with Crippen LogP contribution in [0.1, 0.15) is 11.8 Å². The van der Waals surface area contributed by atoms with Gasteiger partial charge < -0.3 is 15.0 Å². The van der Waals surface area contributed by atoms with E-state index in [1.807, 2.05) is 7.05 Å². The van der Waals surface area contributed by atoms with Gasteiger partial charge in [-0.1, -0.05) is 6.07 Å². The molecule has 0 aromatic carbocycles. The van der Waals surface area contributed by atoms with Crippen LogP contribution in [0.25, 0.3) is 0 Å². The number of nitrogens with zero attached hydrogens (tertiary/aromatic N) is 1. The van der Waals surface area contributed by atoms with Crippen LogP contribution in [0.15, 0.2) is 17.5 Å². The first kappa shape index (κ1) is 14.4. The predicted octanol–water partition coefficient (Wildman–Crippen LogP) is 2.13. The zero-order valence-corrected chi connectivity index (χ0v) is 12.2. The second kappa shape index (κ2) is 7.63. The number of ether oxygens (including phenoxy) is 1. The van der Waals surface area contributed by atoms with E-state index < -0.39 is 0 Å². The summed E-state index contributed by atoms with van der Waals surface area (Å²) in [6, 6.07) is 4.48. The van der Waals surface area contributed by atoms with E-state index in [9.17, 15) is 0 Å². The van der Waals surface area contributed by atoms with Gasteiger partial charge in [-0.05, 0) is 37.0 Å². The largest absolute Gasteiger partial charge is 0.383 e. The molecule has 0 aliphatic rings. The molecule has 5 heteroatoms. The highest BCUT2D eigenvalue weighted by Gasteiger charge is 2.08. The zero-order chi connectivity index (χ0) is 12.7. The molecule has 0 amide bonds. The molecule has 3 nitrogen and oxygen atoms in total. The average molecular weight is 272 g/mol. The van der Waals surface area contributed by atoms with Gasteiger partial charge in [0.25, 0.3) is 0 Å². The molecule has 0 aliphatic carbocycles. The molecule has 1 atom stereocenters. The quantitative estimate of drug-likeness (QED) is 0.802. The van der Waals surface area contributed by atoms with Gasteiger partial charge in [-0.25, -0.2) is 0 Å². The molecule has 0 fully saturated rings. The molecule has 1 unspecified atom stereocenters. The maximum absolute atomic E-state index is 5.32. The van der Waals surface area contributed by atoms with Crippen LogP contribution < -0.4 is 5.32 Å². The van der Waals surface area contributed by atoms with Crippen molar-refractivity contribution in [2.75, 3.05) is 27.3 Å². The third kappa shape index (κ3) is 5.48. The van der Waals surface area contributed by atoms with E-state index in [1.165, 1.54) is 4.88 Å². The molecule has 1 N–H and O–H groups in total.